The van der Waals surface area contributed by atoms with Gasteiger partial charge in [0, 0.05) is 10.0 Å². The quantitative estimate of drug-likeness (QED) is 0.606. The summed E-state index contributed by atoms with van der Waals surface area (Å²) in [6.07, 6.45) is 5.36. The molecule has 0 heterocycles. The minimum atomic E-state index is -0.104. The second-order valence-corrected chi connectivity index (χ2v) is 8.87. The molecule has 3 rings (SSSR count). The molecule has 1 saturated carbocycles. The molecule has 0 aromatic heterocycles. The van der Waals surface area contributed by atoms with E-state index < -0.39 is 0 Å². The van der Waals surface area contributed by atoms with Gasteiger partial charge in [-0.05, 0) is 56.6 Å². The van der Waals surface area contributed by atoms with E-state index >= 15 is 0 Å². The molecule has 0 aliphatic heterocycles. The van der Waals surface area contributed by atoms with Gasteiger partial charge in [0.1, 0.15) is 5.75 Å². The second-order valence-electron chi connectivity index (χ2n) is 8.02. The van der Waals surface area contributed by atoms with Crippen LogP contribution >= 0.6 is 15.9 Å². The summed E-state index contributed by atoms with van der Waals surface area (Å²) in [6, 6.07) is 14.1. The summed E-state index contributed by atoms with van der Waals surface area (Å²) in [7, 11) is 5.87. The van der Waals surface area contributed by atoms with Crippen molar-refractivity contribution in [1.29, 1.82) is 0 Å². The van der Waals surface area contributed by atoms with Crippen molar-refractivity contribution < 1.29 is 9.53 Å². The van der Waals surface area contributed by atoms with E-state index in [1.807, 2.05) is 30.3 Å². The molecule has 1 fully saturated rings. The smallest absolute Gasteiger partial charge is 0.255 e. The van der Waals surface area contributed by atoms with Crippen LogP contribution in [0.25, 0.3) is 0 Å². The fraction of sp³-hybridized carbons (Fsp3) is 0.458. The van der Waals surface area contributed by atoms with Crippen LogP contribution in [-0.4, -0.2) is 37.6 Å². The van der Waals surface area contributed by atoms with Crippen molar-refractivity contribution in [3.8, 4) is 5.75 Å². The predicted octanol–water partition coefficient (Wildman–Crippen LogP) is 5.37. The number of hydrogen-bond donors (Lipinski definition) is 1. The van der Waals surface area contributed by atoms with E-state index in [1.54, 1.807) is 7.11 Å². The molecule has 1 aliphatic carbocycles. The van der Waals surface area contributed by atoms with Crippen LogP contribution in [-0.2, 0) is 6.42 Å². The summed E-state index contributed by atoms with van der Waals surface area (Å²) in [5.41, 5.74) is 2.73. The molecule has 0 saturated heterocycles. The third-order valence-corrected chi connectivity index (χ3v) is 7.04. The van der Waals surface area contributed by atoms with Crippen LogP contribution in [0.2, 0.25) is 0 Å². The van der Waals surface area contributed by atoms with E-state index in [2.05, 4.69) is 59.3 Å². The topological polar surface area (TPSA) is 41.6 Å². The van der Waals surface area contributed by atoms with Gasteiger partial charge in [0.25, 0.3) is 5.91 Å². The predicted molar refractivity (Wildman–Crippen MR) is 122 cm³/mol. The Kier molecular flexibility index (Phi) is 7.01. The zero-order valence-corrected chi connectivity index (χ0v) is 19.4. The van der Waals surface area contributed by atoms with Crippen LogP contribution in [0.3, 0.4) is 0 Å². The number of methoxy groups -OCH3 is 1. The van der Waals surface area contributed by atoms with Gasteiger partial charge in [0.05, 0.1) is 18.7 Å². The van der Waals surface area contributed by atoms with Crippen molar-refractivity contribution in [3.05, 3.63) is 63.6 Å². The average Bonchev–Trinajstić information content (AvgIpc) is 3.23. The molecule has 5 heteroatoms. The fourth-order valence-electron chi connectivity index (χ4n) is 4.58. The van der Waals surface area contributed by atoms with E-state index in [1.165, 1.54) is 12.8 Å². The largest absolute Gasteiger partial charge is 0.496 e. The van der Waals surface area contributed by atoms with Crippen LogP contribution in [0.5, 0.6) is 5.75 Å². The van der Waals surface area contributed by atoms with E-state index in [0.717, 1.165) is 34.9 Å². The fourth-order valence-corrected chi connectivity index (χ4v) is 5.20. The number of halogens is 1. The third kappa shape index (κ3) is 4.36. The zero-order chi connectivity index (χ0) is 21.0. The molecule has 29 heavy (non-hydrogen) atoms. The number of nitrogens with one attached hydrogen (secondary N) is 1. The molecule has 1 N–H and O–H groups in total. The Morgan fingerprint density at radius 2 is 1.86 bits per heavy atom. The van der Waals surface area contributed by atoms with Gasteiger partial charge in [-0.25, -0.2) is 0 Å². The average molecular weight is 459 g/mol. The summed E-state index contributed by atoms with van der Waals surface area (Å²) in [6.45, 7) is 2.09. The molecule has 156 valence electrons. The maximum absolute atomic E-state index is 13.5. The number of aryl methyl sites for hydroxylation is 1. The Balaban J connectivity index is 2.01. The highest BCUT2D eigenvalue weighted by molar-refractivity contribution is 9.10. The van der Waals surface area contributed by atoms with Crippen molar-refractivity contribution in [2.45, 2.75) is 50.6 Å². The molecule has 0 spiro atoms. The summed E-state index contributed by atoms with van der Waals surface area (Å²) in [5, 5.41) is 3.37. The monoisotopic (exact) mass is 458 g/mol. The lowest BCUT2D eigenvalue weighted by Crippen LogP contribution is -2.53. The Bertz CT molecular complexity index is 845. The van der Waals surface area contributed by atoms with Gasteiger partial charge in [0.15, 0.2) is 0 Å². The minimum Gasteiger partial charge on any atom is -0.496 e. The van der Waals surface area contributed by atoms with Gasteiger partial charge in [-0.2, -0.15) is 0 Å². The standard InChI is InChI=1S/C24H31BrN2O2/c1-5-17-15-21(29-4)19(16-20(17)25)23(28)26-22(18-11-7-6-8-12-18)24(27(2)3)13-9-10-14-24/h6-8,11-12,15-16,22H,5,9-10,13-14H2,1-4H3,(H,26,28). The van der Waals surface area contributed by atoms with Crippen molar-refractivity contribution in [2.24, 2.45) is 0 Å². The highest BCUT2D eigenvalue weighted by Gasteiger charge is 2.44. The first-order chi connectivity index (χ1) is 13.9. The molecule has 0 radical (unpaired) electrons. The first-order valence-electron chi connectivity index (χ1n) is 10.3. The number of rotatable bonds is 7. The van der Waals surface area contributed by atoms with Gasteiger partial charge in [-0.3, -0.25) is 4.79 Å². The Morgan fingerprint density at radius 3 is 2.41 bits per heavy atom. The minimum absolute atomic E-state index is 0.0924. The Hall–Kier alpha value is -1.85. The highest BCUT2D eigenvalue weighted by atomic mass is 79.9. The Labute approximate surface area is 182 Å². The number of carbonyl (C=O) groups excluding carboxylic acids is 1. The molecule has 1 amide bonds. The van der Waals surface area contributed by atoms with Gasteiger partial charge < -0.3 is 15.0 Å². The lowest BCUT2D eigenvalue weighted by molar-refractivity contribution is 0.0764. The number of carbonyl (C=O) groups is 1. The lowest BCUT2D eigenvalue weighted by atomic mass is 9.82. The normalized spacial score (nSPS) is 16.6. The maximum atomic E-state index is 13.5. The second kappa shape index (κ2) is 9.31. The molecular weight excluding hydrogens is 428 g/mol. The number of benzene rings is 2. The van der Waals surface area contributed by atoms with Gasteiger partial charge in [0.2, 0.25) is 0 Å². The molecule has 2 aromatic carbocycles. The third-order valence-electron chi connectivity index (χ3n) is 6.30. The number of hydrogen-bond acceptors (Lipinski definition) is 3. The summed E-state index contributed by atoms with van der Waals surface area (Å²) >= 11 is 3.61. The first kappa shape index (κ1) is 21.8. The van der Waals surface area contributed by atoms with E-state index in [-0.39, 0.29) is 17.5 Å². The van der Waals surface area contributed by atoms with Crippen LogP contribution in [0.15, 0.2) is 46.9 Å². The van der Waals surface area contributed by atoms with Crippen LogP contribution < -0.4 is 10.1 Å². The van der Waals surface area contributed by atoms with Crippen molar-refractivity contribution >= 4 is 21.8 Å². The number of ether oxygens (including phenoxy) is 1. The zero-order valence-electron chi connectivity index (χ0n) is 17.8. The SMILES string of the molecule is CCc1cc(OC)c(C(=O)NC(c2ccccc2)C2(N(C)C)CCCC2)cc1Br. The van der Waals surface area contributed by atoms with E-state index in [4.69, 9.17) is 4.74 Å². The first-order valence-corrected chi connectivity index (χ1v) is 11.1. The molecule has 2 aromatic rings. The molecule has 1 atom stereocenters. The summed E-state index contributed by atoms with van der Waals surface area (Å²) < 4.78 is 6.49. The molecule has 1 unspecified atom stereocenters. The van der Waals surface area contributed by atoms with Crippen molar-refractivity contribution in [2.75, 3.05) is 21.2 Å². The molecule has 1 aliphatic rings. The number of amides is 1. The molecule has 4 nitrogen and oxygen atoms in total. The summed E-state index contributed by atoms with van der Waals surface area (Å²) in [5.74, 6) is 0.506. The maximum Gasteiger partial charge on any atom is 0.255 e. The van der Waals surface area contributed by atoms with Crippen LogP contribution in [0.1, 0.15) is 60.1 Å². The van der Waals surface area contributed by atoms with Crippen molar-refractivity contribution in [3.63, 3.8) is 0 Å². The van der Waals surface area contributed by atoms with E-state index in [0.29, 0.717) is 11.3 Å². The number of nitrogens with zero attached hydrogens (tertiary/aromatic N) is 1. The van der Waals surface area contributed by atoms with Gasteiger partial charge >= 0.3 is 0 Å². The number of likely N-dealkylation sites (N-methyl/N-ethyl adjacent to an activating group) is 1. The van der Waals surface area contributed by atoms with Crippen LogP contribution in [0.4, 0.5) is 0 Å². The van der Waals surface area contributed by atoms with Crippen LogP contribution in [0, 0.1) is 0 Å². The van der Waals surface area contributed by atoms with Crippen molar-refractivity contribution in [1.82, 2.24) is 10.2 Å². The summed E-state index contributed by atoms with van der Waals surface area (Å²) in [4.78, 5) is 15.7. The van der Waals surface area contributed by atoms with E-state index in [9.17, 15) is 4.79 Å². The molecular formula is C24H31BrN2O2. The van der Waals surface area contributed by atoms with Gasteiger partial charge in [-0.1, -0.05) is 66.0 Å². The Morgan fingerprint density at radius 1 is 1.21 bits per heavy atom. The lowest BCUT2D eigenvalue weighted by Gasteiger charge is -2.44. The molecule has 0 bridgehead atoms. The highest BCUT2D eigenvalue weighted by Crippen LogP contribution is 2.43. The van der Waals surface area contributed by atoms with Gasteiger partial charge in [-0.15, -0.1) is 0 Å².